The molecule has 4 rings (SSSR count). The van der Waals surface area contributed by atoms with Crippen LogP contribution in [0.25, 0.3) is 0 Å². The summed E-state index contributed by atoms with van der Waals surface area (Å²) in [6.45, 7) is 6.35. The summed E-state index contributed by atoms with van der Waals surface area (Å²) in [5, 5.41) is 8.31. The molecule has 1 aliphatic heterocycles. The molecule has 32 heavy (non-hydrogen) atoms. The van der Waals surface area contributed by atoms with Crippen molar-refractivity contribution in [3.8, 4) is 0 Å². The molecule has 1 fully saturated rings. The molecule has 1 aromatic carbocycles. The third-order valence-corrected chi connectivity index (χ3v) is 5.38. The van der Waals surface area contributed by atoms with Crippen LogP contribution in [0.15, 0.2) is 67.5 Å². The lowest BCUT2D eigenvalue weighted by molar-refractivity contribution is 0.112. The minimum absolute atomic E-state index is 0.346. The number of hydrogen-bond acceptors (Lipinski definition) is 8. The second-order valence-electron chi connectivity index (χ2n) is 7.54. The number of aromatic nitrogens is 3. The Hall–Kier alpha value is -3.62. The molecular weight excluding hydrogens is 402 g/mol. The summed E-state index contributed by atoms with van der Waals surface area (Å²) in [7, 11) is 0. The summed E-state index contributed by atoms with van der Waals surface area (Å²) < 4.78 is 0. The van der Waals surface area contributed by atoms with Gasteiger partial charge in [-0.15, -0.1) is 6.58 Å². The Labute approximate surface area is 187 Å². The third kappa shape index (κ3) is 5.16. The van der Waals surface area contributed by atoms with Gasteiger partial charge in [-0.2, -0.15) is 4.98 Å². The van der Waals surface area contributed by atoms with Crippen molar-refractivity contribution in [2.24, 2.45) is 0 Å². The lowest BCUT2D eigenvalue weighted by Gasteiger charge is -2.24. The van der Waals surface area contributed by atoms with E-state index < -0.39 is 0 Å². The van der Waals surface area contributed by atoms with E-state index in [0.29, 0.717) is 35.6 Å². The lowest BCUT2D eigenvalue weighted by Crippen LogP contribution is -2.36. The number of nitrogens with zero attached hydrogens (tertiary/aromatic N) is 4. The summed E-state index contributed by atoms with van der Waals surface area (Å²) in [6.07, 6.45) is 7.97. The van der Waals surface area contributed by atoms with E-state index in [-0.39, 0.29) is 0 Å². The van der Waals surface area contributed by atoms with E-state index in [2.05, 4.69) is 49.7 Å². The van der Waals surface area contributed by atoms with Gasteiger partial charge >= 0.3 is 0 Å². The molecule has 1 aliphatic rings. The van der Waals surface area contributed by atoms with Crippen molar-refractivity contribution >= 4 is 29.6 Å². The average molecular weight is 430 g/mol. The number of carbonyl (C=O) groups is 1. The van der Waals surface area contributed by atoms with E-state index in [4.69, 9.17) is 0 Å². The molecule has 8 nitrogen and oxygen atoms in total. The normalized spacial score (nSPS) is 14.0. The SMILES string of the molecule is C=CCNN(c1ccccn1)c1nc(Nc2ccc(C3CCNCC3)cc2)ncc1C=O. The number of hydrazine groups is 1. The molecule has 2 aromatic heterocycles. The molecule has 164 valence electrons. The van der Waals surface area contributed by atoms with Gasteiger partial charge in [0.1, 0.15) is 5.82 Å². The number of piperidine rings is 1. The Morgan fingerprint density at radius 3 is 2.62 bits per heavy atom. The van der Waals surface area contributed by atoms with Crippen molar-refractivity contribution in [3.05, 3.63) is 78.6 Å². The first-order valence-corrected chi connectivity index (χ1v) is 10.7. The topological polar surface area (TPSA) is 95.1 Å². The number of pyridine rings is 1. The van der Waals surface area contributed by atoms with Crippen LogP contribution in [0.3, 0.4) is 0 Å². The molecule has 0 unspecified atom stereocenters. The van der Waals surface area contributed by atoms with E-state index in [0.717, 1.165) is 37.9 Å². The highest BCUT2D eigenvalue weighted by Crippen LogP contribution is 2.28. The minimum Gasteiger partial charge on any atom is -0.324 e. The largest absolute Gasteiger partial charge is 0.324 e. The quantitative estimate of drug-likeness (QED) is 0.269. The number of hydrogen-bond donors (Lipinski definition) is 3. The zero-order valence-corrected chi connectivity index (χ0v) is 17.9. The molecule has 0 saturated carbocycles. The van der Waals surface area contributed by atoms with Gasteiger partial charge in [0.2, 0.25) is 5.95 Å². The van der Waals surface area contributed by atoms with E-state index in [1.165, 1.54) is 11.8 Å². The van der Waals surface area contributed by atoms with Gasteiger partial charge in [0, 0.05) is 24.6 Å². The molecule has 0 radical (unpaired) electrons. The fraction of sp³-hybridized carbons (Fsp3) is 0.250. The summed E-state index contributed by atoms with van der Waals surface area (Å²) in [4.78, 5) is 25.0. The predicted octanol–water partition coefficient (Wildman–Crippen LogP) is 3.72. The number of rotatable bonds is 9. The molecule has 0 aliphatic carbocycles. The summed E-state index contributed by atoms with van der Waals surface area (Å²) in [6, 6.07) is 13.9. The minimum atomic E-state index is 0.346. The fourth-order valence-corrected chi connectivity index (χ4v) is 3.73. The fourth-order valence-electron chi connectivity index (χ4n) is 3.73. The van der Waals surface area contributed by atoms with Crippen molar-refractivity contribution in [2.75, 3.05) is 30.0 Å². The number of nitrogens with one attached hydrogen (secondary N) is 3. The number of aldehydes is 1. The van der Waals surface area contributed by atoms with Crippen LogP contribution in [0, 0.1) is 0 Å². The van der Waals surface area contributed by atoms with Crippen molar-refractivity contribution in [1.82, 2.24) is 25.7 Å². The Kier molecular flexibility index (Phi) is 7.16. The standard InChI is InChI=1S/C24H27N7O/c1-2-12-28-31(22-5-3-4-13-26-22)23-20(17-32)16-27-24(30-23)29-21-8-6-18(7-9-21)19-10-14-25-15-11-19/h2-9,13,16-17,19,25,28H,1,10-12,14-15H2,(H,27,29,30). The maximum absolute atomic E-state index is 11.7. The monoisotopic (exact) mass is 429 g/mol. The summed E-state index contributed by atoms with van der Waals surface area (Å²) in [5.41, 5.74) is 5.77. The summed E-state index contributed by atoms with van der Waals surface area (Å²) >= 11 is 0. The molecule has 3 aromatic rings. The van der Waals surface area contributed by atoms with Crippen LogP contribution in [0.5, 0.6) is 0 Å². The van der Waals surface area contributed by atoms with Gasteiger partial charge in [-0.05, 0) is 61.7 Å². The molecular formula is C24H27N7O. The van der Waals surface area contributed by atoms with E-state index in [1.807, 2.05) is 30.3 Å². The zero-order valence-electron chi connectivity index (χ0n) is 17.9. The van der Waals surface area contributed by atoms with E-state index >= 15 is 0 Å². The highest BCUT2D eigenvalue weighted by molar-refractivity contribution is 5.84. The lowest BCUT2D eigenvalue weighted by atomic mass is 9.90. The van der Waals surface area contributed by atoms with Crippen LogP contribution in [-0.2, 0) is 0 Å². The first-order valence-electron chi connectivity index (χ1n) is 10.7. The first-order chi connectivity index (χ1) is 15.8. The van der Waals surface area contributed by atoms with Gasteiger partial charge in [-0.1, -0.05) is 24.3 Å². The van der Waals surface area contributed by atoms with Crippen molar-refractivity contribution < 1.29 is 4.79 Å². The molecule has 0 spiro atoms. The van der Waals surface area contributed by atoms with E-state index in [9.17, 15) is 4.79 Å². The van der Waals surface area contributed by atoms with Crippen LogP contribution in [0.4, 0.5) is 23.3 Å². The molecule has 1 saturated heterocycles. The molecule has 0 atom stereocenters. The Morgan fingerprint density at radius 1 is 1.12 bits per heavy atom. The van der Waals surface area contributed by atoms with E-state index in [1.54, 1.807) is 17.3 Å². The van der Waals surface area contributed by atoms with Gasteiger partial charge in [0.25, 0.3) is 0 Å². The van der Waals surface area contributed by atoms with Gasteiger partial charge < -0.3 is 10.6 Å². The maximum atomic E-state index is 11.7. The Morgan fingerprint density at radius 2 is 1.94 bits per heavy atom. The molecule has 0 amide bonds. The summed E-state index contributed by atoms with van der Waals surface area (Å²) in [5.74, 6) is 2.00. The predicted molar refractivity (Wildman–Crippen MR) is 127 cm³/mol. The Balaban J connectivity index is 1.58. The molecule has 8 heteroatoms. The van der Waals surface area contributed by atoms with Crippen molar-refractivity contribution in [3.63, 3.8) is 0 Å². The Bertz CT molecular complexity index is 1030. The molecule has 3 heterocycles. The number of benzene rings is 1. The van der Waals surface area contributed by atoms with Crippen LogP contribution in [0.1, 0.15) is 34.7 Å². The van der Waals surface area contributed by atoms with Crippen LogP contribution in [-0.4, -0.2) is 40.9 Å². The van der Waals surface area contributed by atoms with Crippen molar-refractivity contribution in [1.29, 1.82) is 0 Å². The molecule has 3 N–H and O–H groups in total. The van der Waals surface area contributed by atoms with Gasteiger partial charge in [0.15, 0.2) is 12.1 Å². The smallest absolute Gasteiger partial charge is 0.229 e. The third-order valence-electron chi connectivity index (χ3n) is 5.38. The number of carbonyl (C=O) groups excluding carboxylic acids is 1. The number of anilines is 4. The highest BCUT2D eigenvalue weighted by atomic mass is 16.1. The van der Waals surface area contributed by atoms with Crippen LogP contribution in [0.2, 0.25) is 0 Å². The average Bonchev–Trinajstić information content (AvgIpc) is 2.86. The van der Waals surface area contributed by atoms with Gasteiger partial charge in [-0.25, -0.2) is 20.4 Å². The first kappa shape index (κ1) is 21.6. The zero-order chi connectivity index (χ0) is 22.2. The van der Waals surface area contributed by atoms with Crippen molar-refractivity contribution in [2.45, 2.75) is 18.8 Å². The van der Waals surface area contributed by atoms with Crippen LogP contribution >= 0.6 is 0 Å². The van der Waals surface area contributed by atoms with Gasteiger partial charge in [-0.3, -0.25) is 4.79 Å². The second kappa shape index (κ2) is 10.6. The van der Waals surface area contributed by atoms with Crippen LogP contribution < -0.4 is 21.1 Å². The molecule has 0 bridgehead atoms. The maximum Gasteiger partial charge on any atom is 0.229 e. The second-order valence-corrected chi connectivity index (χ2v) is 7.54. The highest BCUT2D eigenvalue weighted by Gasteiger charge is 2.18. The van der Waals surface area contributed by atoms with Gasteiger partial charge in [0.05, 0.1) is 5.56 Å².